The lowest BCUT2D eigenvalue weighted by Crippen LogP contribution is -2.41. The first kappa shape index (κ1) is 42.9. The van der Waals surface area contributed by atoms with Gasteiger partial charge in [0.2, 0.25) is 17.7 Å². The van der Waals surface area contributed by atoms with E-state index in [1.165, 1.54) is 0 Å². The number of aliphatic carboxylic acids is 2. The normalized spacial score (nSPS) is 11.5. The molecular weight excluding hydrogens is 606 g/mol. The van der Waals surface area contributed by atoms with Crippen molar-refractivity contribution in [1.29, 1.82) is 0 Å². The summed E-state index contributed by atoms with van der Waals surface area (Å²) in [6, 6.07) is -1.14. The number of aldehydes is 1. The van der Waals surface area contributed by atoms with Crippen molar-refractivity contribution in [3.05, 3.63) is 0 Å². The van der Waals surface area contributed by atoms with Crippen LogP contribution in [-0.2, 0) is 47.7 Å². The quantitative estimate of drug-likeness (QED) is 0.0491. The van der Waals surface area contributed by atoms with Crippen molar-refractivity contribution >= 4 is 35.9 Å². The topological polar surface area (TPSA) is 216 Å². The van der Waals surface area contributed by atoms with E-state index in [0.29, 0.717) is 39.1 Å². The number of rotatable bonds is 34. The zero-order chi connectivity index (χ0) is 34.1. The fourth-order valence-electron chi connectivity index (χ4n) is 4.18. The number of carbonyl (C=O) groups excluding carboxylic acids is 4. The van der Waals surface area contributed by atoms with Crippen LogP contribution in [0.3, 0.4) is 0 Å². The van der Waals surface area contributed by atoms with E-state index >= 15 is 0 Å². The number of carboxylic acid groups (broad SMARTS) is 2. The summed E-state index contributed by atoms with van der Waals surface area (Å²) in [6.07, 6.45) is 10.7. The van der Waals surface area contributed by atoms with Gasteiger partial charge in [-0.3, -0.25) is 19.2 Å². The van der Waals surface area contributed by atoms with Crippen LogP contribution in [0, 0.1) is 0 Å². The van der Waals surface area contributed by atoms with Gasteiger partial charge in [-0.2, -0.15) is 0 Å². The molecule has 0 aliphatic carbocycles. The summed E-state index contributed by atoms with van der Waals surface area (Å²) < 4.78 is 20.7. The molecule has 0 saturated carbocycles. The molecule has 0 fully saturated rings. The molecule has 1 atom stereocenters. The summed E-state index contributed by atoms with van der Waals surface area (Å²) >= 11 is 0. The van der Waals surface area contributed by atoms with Crippen molar-refractivity contribution in [2.45, 2.75) is 95.9 Å². The molecule has 0 heterocycles. The highest BCUT2D eigenvalue weighted by atomic mass is 16.5. The fourth-order valence-corrected chi connectivity index (χ4v) is 4.18. The monoisotopic (exact) mass is 661 g/mol. The summed E-state index contributed by atoms with van der Waals surface area (Å²) in [7, 11) is 0. The lowest BCUT2D eigenvalue weighted by atomic mass is 10.0. The van der Waals surface area contributed by atoms with Gasteiger partial charge in [-0.25, -0.2) is 4.79 Å². The molecule has 0 aromatic rings. The van der Waals surface area contributed by atoms with Crippen LogP contribution in [0.4, 0.5) is 0 Å². The van der Waals surface area contributed by atoms with E-state index in [1.54, 1.807) is 0 Å². The first-order chi connectivity index (χ1) is 22.3. The van der Waals surface area contributed by atoms with Gasteiger partial charge in [0, 0.05) is 32.4 Å². The van der Waals surface area contributed by atoms with Crippen molar-refractivity contribution in [2.24, 2.45) is 0 Å². The van der Waals surface area contributed by atoms with Crippen LogP contribution in [0.15, 0.2) is 0 Å². The van der Waals surface area contributed by atoms with Gasteiger partial charge in [-0.05, 0) is 19.3 Å². The molecule has 0 unspecified atom stereocenters. The van der Waals surface area contributed by atoms with Gasteiger partial charge in [-0.1, -0.05) is 51.4 Å². The van der Waals surface area contributed by atoms with Crippen molar-refractivity contribution < 1.29 is 57.9 Å². The number of unbranched alkanes of at least 4 members (excludes halogenated alkanes) is 9. The Labute approximate surface area is 271 Å². The molecule has 0 aliphatic rings. The van der Waals surface area contributed by atoms with E-state index in [1.807, 2.05) is 0 Å². The molecule has 3 amide bonds. The first-order valence-electron chi connectivity index (χ1n) is 16.3. The second kappa shape index (κ2) is 31.8. The number of ether oxygens (including phenoxy) is 4. The van der Waals surface area contributed by atoms with Gasteiger partial charge in [0.15, 0.2) is 0 Å². The summed E-state index contributed by atoms with van der Waals surface area (Å²) in [5.74, 6) is -2.93. The molecule has 0 aromatic carbocycles. The molecule has 0 spiro atoms. The maximum Gasteiger partial charge on any atom is 0.326 e. The van der Waals surface area contributed by atoms with E-state index in [4.69, 9.17) is 24.1 Å². The molecule has 0 aliphatic heterocycles. The second-order valence-electron chi connectivity index (χ2n) is 10.6. The van der Waals surface area contributed by atoms with Crippen molar-refractivity contribution in [3.8, 4) is 0 Å². The largest absolute Gasteiger partial charge is 0.481 e. The molecule has 0 saturated heterocycles. The Morgan fingerprint density at radius 1 is 0.565 bits per heavy atom. The van der Waals surface area contributed by atoms with E-state index in [-0.39, 0.29) is 83.0 Å². The maximum atomic E-state index is 12.2. The third-order valence-electron chi connectivity index (χ3n) is 6.64. The highest BCUT2D eigenvalue weighted by Crippen LogP contribution is 2.12. The van der Waals surface area contributed by atoms with E-state index in [0.717, 1.165) is 57.8 Å². The Balaban J connectivity index is 3.70. The molecule has 0 aromatic heterocycles. The molecule has 0 bridgehead atoms. The molecule has 46 heavy (non-hydrogen) atoms. The Bertz CT molecular complexity index is 844. The minimum absolute atomic E-state index is 0.0259. The Morgan fingerprint density at radius 2 is 1.07 bits per heavy atom. The van der Waals surface area contributed by atoms with Crippen LogP contribution in [-0.4, -0.2) is 118 Å². The van der Waals surface area contributed by atoms with Crippen LogP contribution in [0.25, 0.3) is 0 Å². The number of hydrogen-bond donors (Lipinski definition) is 5. The standard InChI is InChI=1S/C31H55N3O12/c35-17-20-45-22-21-43-19-16-33-29(38)25-46-24-23-44-18-15-32-27(36)14-13-26(31(41)42)34-28(37)11-9-7-5-3-1-2-4-6-8-10-12-30(39)40/h17,26H,1-16,18-25H2,(H,32,36)(H,33,38)(H,34,37)(H,39,40)(H,41,42)/t26-/m0/s1. The Kier molecular flexibility index (Phi) is 29.7. The summed E-state index contributed by atoms with van der Waals surface area (Å²) in [5.41, 5.74) is 0. The highest BCUT2D eigenvalue weighted by molar-refractivity contribution is 5.84. The molecule has 15 nitrogen and oxygen atoms in total. The average molecular weight is 662 g/mol. The van der Waals surface area contributed by atoms with Crippen LogP contribution in [0.5, 0.6) is 0 Å². The zero-order valence-electron chi connectivity index (χ0n) is 27.1. The third kappa shape index (κ3) is 30.9. The summed E-state index contributed by atoms with van der Waals surface area (Å²) in [5, 5.41) is 25.8. The van der Waals surface area contributed by atoms with Crippen LogP contribution in [0.1, 0.15) is 89.9 Å². The highest BCUT2D eigenvalue weighted by Gasteiger charge is 2.20. The van der Waals surface area contributed by atoms with E-state index in [9.17, 15) is 33.9 Å². The lowest BCUT2D eigenvalue weighted by molar-refractivity contribution is -0.142. The predicted octanol–water partition coefficient (Wildman–Crippen LogP) is 1.60. The lowest BCUT2D eigenvalue weighted by Gasteiger charge is -2.14. The van der Waals surface area contributed by atoms with Crippen LogP contribution in [0.2, 0.25) is 0 Å². The third-order valence-corrected chi connectivity index (χ3v) is 6.64. The smallest absolute Gasteiger partial charge is 0.326 e. The van der Waals surface area contributed by atoms with Gasteiger partial charge >= 0.3 is 11.9 Å². The number of hydrogen-bond acceptors (Lipinski definition) is 10. The number of amides is 3. The number of carboxylic acids is 2. The van der Waals surface area contributed by atoms with Gasteiger partial charge in [0.1, 0.15) is 25.5 Å². The fraction of sp³-hybridized carbons (Fsp3) is 0.806. The molecule has 0 rings (SSSR count). The minimum atomic E-state index is -1.19. The number of nitrogens with one attached hydrogen (secondary N) is 3. The van der Waals surface area contributed by atoms with Gasteiger partial charge in [0.25, 0.3) is 0 Å². The second-order valence-corrected chi connectivity index (χ2v) is 10.6. The maximum absolute atomic E-state index is 12.2. The molecule has 15 heteroatoms. The predicted molar refractivity (Wildman–Crippen MR) is 167 cm³/mol. The molecule has 0 radical (unpaired) electrons. The molecule has 266 valence electrons. The van der Waals surface area contributed by atoms with Crippen molar-refractivity contribution in [1.82, 2.24) is 16.0 Å². The van der Waals surface area contributed by atoms with Crippen LogP contribution >= 0.6 is 0 Å². The zero-order valence-corrected chi connectivity index (χ0v) is 27.1. The number of carbonyl (C=O) groups is 6. The summed E-state index contributed by atoms with van der Waals surface area (Å²) in [4.78, 5) is 68.0. The average Bonchev–Trinajstić information content (AvgIpc) is 3.02. The molecular formula is C31H55N3O12. The summed E-state index contributed by atoms with van der Waals surface area (Å²) in [6.45, 7) is 1.97. The van der Waals surface area contributed by atoms with E-state index < -0.39 is 18.0 Å². The minimum Gasteiger partial charge on any atom is -0.481 e. The SMILES string of the molecule is O=CCOCCOCCNC(=O)COCCOCCNC(=O)CC[C@H](NC(=O)CCCCCCCCCCCCC(=O)O)C(=O)O. The first-order valence-corrected chi connectivity index (χ1v) is 16.3. The Morgan fingerprint density at radius 3 is 1.61 bits per heavy atom. The Hall–Kier alpha value is -3.14. The molecule has 5 N–H and O–H groups in total. The van der Waals surface area contributed by atoms with Crippen LogP contribution < -0.4 is 16.0 Å². The van der Waals surface area contributed by atoms with Crippen molar-refractivity contribution in [2.75, 3.05) is 65.9 Å². The van der Waals surface area contributed by atoms with Gasteiger partial charge in [0.05, 0.1) is 39.6 Å². The van der Waals surface area contributed by atoms with E-state index in [2.05, 4.69) is 16.0 Å². The van der Waals surface area contributed by atoms with Gasteiger partial charge in [-0.15, -0.1) is 0 Å². The van der Waals surface area contributed by atoms with Gasteiger partial charge < -0.3 is 49.9 Å². The van der Waals surface area contributed by atoms with Crippen molar-refractivity contribution in [3.63, 3.8) is 0 Å².